The first kappa shape index (κ1) is 22.1. The first-order valence-corrected chi connectivity index (χ1v) is 10.8. The molecule has 2 heterocycles. The predicted octanol–water partition coefficient (Wildman–Crippen LogP) is 2.49. The molecule has 164 valence electrons. The molecule has 0 aromatic heterocycles. The molecule has 3 aliphatic rings. The molecule has 1 saturated carbocycles. The highest BCUT2D eigenvalue weighted by atomic mass is 19.1. The molecule has 0 atom stereocenters. The number of carbonyl (C=O) groups excluding carboxylic acids is 3. The van der Waals surface area contributed by atoms with Gasteiger partial charge < -0.3 is 20.4 Å². The number of halogens is 1. The van der Waals surface area contributed by atoms with Crippen molar-refractivity contribution in [3.8, 4) is 0 Å². The Bertz CT molecular complexity index is 786. The molecule has 7 nitrogen and oxygen atoms in total. The zero-order valence-electron chi connectivity index (χ0n) is 17.8. The van der Waals surface area contributed by atoms with Crippen molar-refractivity contribution in [1.29, 1.82) is 0 Å². The van der Waals surface area contributed by atoms with Crippen molar-refractivity contribution in [3.63, 3.8) is 0 Å². The van der Waals surface area contributed by atoms with E-state index in [0.29, 0.717) is 0 Å². The lowest BCUT2D eigenvalue weighted by molar-refractivity contribution is -0.179. The number of primary amides is 1. The molecule has 30 heavy (non-hydrogen) atoms. The molecule has 0 unspecified atom stereocenters. The van der Waals surface area contributed by atoms with Crippen molar-refractivity contribution in [2.45, 2.75) is 64.1 Å². The molecule has 0 bridgehead atoms. The molecule has 1 aromatic carbocycles. The van der Waals surface area contributed by atoms with E-state index in [9.17, 15) is 18.8 Å². The summed E-state index contributed by atoms with van der Waals surface area (Å²) in [6.45, 7) is 4.48. The smallest absolute Gasteiger partial charge is 0.314 e. The van der Waals surface area contributed by atoms with Crippen molar-refractivity contribution < 1.29 is 18.8 Å². The number of likely N-dealkylation sites (tertiary alicyclic amines) is 1. The van der Waals surface area contributed by atoms with Gasteiger partial charge in [-0.3, -0.25) is 9.59 Å². The van der Waals surface area contributed by atoms with Crippen LogP contribution in [0.5, 0.6) is 0 Å². The fraction of sp³-hybridized carbons (Fsp3) is 0.591. The summed E-state index contributed by atoms with van der Waals surface area (Å²) >= 11 is 0. The molecule has 2 N–H and O–H groups in total. The number of piperazine rings is 1. The minimum Gasteiger partial charge on any atom is -0.351 e. The summed E-state index contributed by atoms with van der Waals surface area (Å²) in [7, 11) is 0. The molecular formula is C22H31FN4O3. The first-order valence-electron chi connectivity index (χ1n) is 10.8. The Balaban J connectivity index is 0.00000124. The lowest BCUT2D eigenvalue weighted by Gasteiger charge is -2.58. The number of benzene rings is 1. The van der Waals surface area contributed by atoms with E-state index in [1.165, 1.54) is 17.0 Å². The lowest BCUT2D eigenvalue weighted by Crippen LogP contribution is -2.82. The number of carbonyl (C=O) groups is 3. The van der Waals surface area contributed by atoms with E-state index in [2.05, 4.69) is 0 Å². The normalized spacial score (nSPS) is 21.2. The van der Waals surface area contributed by atoms with E-state index < -0.39 is 11.6 Å². The highest BCUT2D eigenvalue weighted by Crippen LogP contribution is 2.37. The van der Waals surface area contributed by atoms with Gasteiger partial charge >= 0.3 is 6.03 Å². The number of urea groups is 1. The van der Waals surface area contributed by atoms with Gasteiger partial charge in [0, 0.05) is 12.6 Å². The number of amides is 4. The highest BCUT2D eigenvalue weighted by molar-refractivity contribution is 6.00. The number of hydrogen-bond donors (Lipinski definition) is 1. The Hall–Kier alpha value is -2.64. The Morgan fingerprint density at radius 3 is 2.27 bits per heavy atom. The summed E-state index contributed by atoms with van der Waals surface area (Å²) in [5.41, 5.74) is 5.04. The Morgan fingerprint density at radius 1 is 1.10 bits per heavy atom. The number of nitrogens with zero attached hydrogens (tertiary/aromatic N) is 3. The van der Waals surface area contributed by atoms with Crippen LogP contribution in [0.1, 0.15) is 51.5 Å². The Kier molecular flexibility index (Phi) is 6.63. The van der Waals surface area contributed by atoms with Crippen LogP contribution in [0.4, 0.5) is 9.18 Å². The molecule has 0 radical (unpaired) electrons. The average molecular weight is 419 g/mol. The fourth-order valence-corrected chi connectivity index (χ4v) is 4.67. The summed E-state index contributed by atoms with van der Waals surface area (Å²) in [6, 6.07) is 5.38. The van der Waals surface area contributed by atoms with Crippen molar-refractivity contribution in [1.82, 2.24) is 14.7 Å². The summed E-state index contributed by atoms with van der Waals surface area (Å²) in [5.74, 6) is -0.594. The summed E-state index contributed by atoms with van der Waals surface area (Å²) in [6.07, 6.45) is 5.09. The van der Waals surface area contributed by atoms with Crippen LogP contribution in [0.3, 0.4) is 0 Å². The molecule has 3 fully saturated rings. The minimum absolute atomic E-state index is 0.0585. The Labute approximate surface area is 177 Å². The summed E-state index contributed by atoms with van der Waals surface area (Å²) in [4.78, 5) is 42.8. The van der Waals surface area contributed by atoms with Crippen LogP contribution in [0, 0.1) is 5.82 Å². The van der Waals surface area contributed by atoms with Crippen molar-refractivity contribution in [2.75, 3.05) is 19.6 Å². The second kappa shape index (κ2) is 9.02. The van der Waals surface area contributed by atoms with Gasteiger partial charge in [0.05, 0.1) is 13.1 Å². The number of hydrogen-bond acceptors (Lipinski definition) is 3. The van der Waals surface area contributed by atoms with Gasteiger partial charge in [0.15, 0.2) is 5.54 Å². The average Bonchev–Trinajstić information content (AvgIpc) is 2.72. The van der Waals surface area contributed by atoms with E-state index in [0.717, 1.165) is 37.7 Å². The predicted molar refractivity (Wildman–Crippen MR) is 111 cm³/mol. The molecule has 1 aliphatic carbocycles. The van der Waals surface area contributed by atoms with Gasteiger partial charge in [-0.25, -0.2) is 9.18 Å². The number of rotatable bonds is 3. The topological polar surface area (TPSA) is 87.0 Å². The highest BCUT2D eigenvalue weighted by Gasteiger charge is 2.61. The quantitative estimate of drug-likeness (QED) is 0.818. The van der Waals surface area contributed by atoms with Gasteiger partial charge in [0.2, 0.25) is 5.91 Å². The van der Waals surface area contributed by atoms with Crippen LogP contribution in [-0.4, -0.2) is 63.8 Å². The molecular weight excluding hydrogens is 387 g/mol. The van der Waals surface area contributed by atoms with Crippen LogP contribution in [0.25, 0.3) is 0 Å². The van der Waals surface area contributed by atoms with E-state index >= 15 is 0 Å². The van der Waals surface area contributed by atoms with Gasteiger partial charge in [-0.2, -0.15) is 0 Å². The fourth-order valence-electron chi connectivity index (χ4n) is 4.67. The third-order valence-corrected chi connectivity index (χ3v) is 6.27. The van der Waals surface area contributed by atoms with Crippen molar-refractivity contribution in [3.05, 3.63) is 35.6 Å². The van der Waals surface area contributed by atoms with E-state index in [1.54, 1.807) is 21.9 Å². The third-order valence-electron chi connectivity index (χ3n) is 6.27. The maximum absolute atomic E-state index is 13.5. The largest absolute Gasteiger partial charge is 0.351 e. The lowest BCUT2D eigenvalue weighted by atomic mass is 9.81. The van der Waals surface area contributed by atoms with Gasteiger partial charge in [-0.1, -0.05) is 45.2 Å². The van der Waals surface area contributed by atoms with Gasteiger partial charge in [-0.05, 0) is 30.5 Å². The maximum atomic E-state index is 13.5. The van der Waals surface area contributed by atoms with Crippen LogP contribution in [0.2, 0.25) is 0 Å². The third kappa shape index (κ3) is 4.00. The first-order chi connectivity index (χ1) is 14.4. The zero-order valence-corrected chi connectivity index (χ0v) is 17.8. The van der Waals surface area contributed by atoms with Crippen LogP contribution < -0.4 is 5.73 Å². The molecule has 8 heteroatoms. The van der Waals surface area contributed by atoms with Crippen LogP contribution >= 0.6 is 0 Å². The minimum atomic E-state index is -1.07. The molecule has 2 saturated heterocycles. The molecule has 1 aromatic rings. The van der Waals surface area contributed by atoms with Gasteiger partial charge in [0.25, 0.3) is 5.91 Å². The van der Waals surface area contributed by atoms with Crippen LogP contribution in [-0.2, 0) is 16.1 Å². The molecule has 4 rings (SSSR count). The summed E-state index contributed by atoms with van der Waals surface area (Å²) in [5, 5.41) is 0. The van der Waals surface area contributed by atoms with E-state index in [1.807, 2.05) is 13.8 Å². The maximum Gasteiger partial charge on any atom is 0.314 e. The van der Waals surface area contributed by atoms with Crippen molar-refractivity contribution >= 4 is 17.8 Å². The second-order valence-electron chi connectivity index (χ2n) is 8.06. The van der Waals surface area contributed by atoms with Crippen LogP contribution in [0.15, 0.2) is 24.3 Å². The molecule has 2 aliphatic heterocycles. The van der Waals surface area contributed by atoms with E-state index in [-0.39, 0.29) is 49.9 Å². The second-order valence-corrected chi connectivity index (χ2v) is 8.06. The molecule has 1 spiro atoms. The monoisotopic (exact) mass is 418 g/mol. The standard InChI is InChI=1S/C20H25FN4O3.C2H6/c21-15-8-6-14(7-9-15)10-25-17(26)11-24(16-4-2-1-3-5-16)18(27)20(25)12-23(13-20)19(22)28;1-2/h6-9,16H,1-5,10-13H2,(H2,22,28);1-2H3. The Morgan fingerprint density at radius 2 is 1.70 bits per heavy atom. The van der Waals surface area contributed by atoms with Crippen molar-refractivity contribution in [2.24, 2.45) is 5.73 Å². The number of nitrogens with two attached hydrogens (primary N) is 1. The van der Waals surface area contributed by atoms with E-state index in [4.69, 9.17) is 5.73 Å². The zero-order chi connectivity index (χ0) is 21.9. The summed E-state index contributed by atoms with van der Waals surface area (Å²) < 4.78 is 13.2. The van der Waals surface area contributed by atoms with Gasteiger partial charge in [0.1, 0.15) is 12.4 Å². The van der Waals surface area contributed by atoms with Gasteiger partial charge in [-0.15, -0.1) is 0 Å². The SMILES string of the molecule is CC.NC(=O)N1CC2(C1)C(=O)N(C1CCCCC1)CC(=O)N2Cc1ccc(F)cc1. The molecule has 4 amide bonds.